The number of carboxylic acids is 1. The minimum Gasteiger partial charge on any atom is -0.481 e. The van der Waals surface area contributed by atoms with Gasteiger partial charge in [0, 0.05) is 5.02 Å². The Morgan fingerprint density at radius 3 is 2.74 bits per heavy atom. The van der Waals surface area contributed by atoms with Crippen LogP contribution in [0.2, 0.25) is 5.02 Å². The average molecular weight is 303 g/mol. The van der Waals surface area contributed by atoms with Crippen molar-refractivity contribution in [2.45, 2.75) is 12.8 Å². The van der Waals surface area contributed by atoms with E-state index in [0.717, 1.165) is 5.56 Å². The van der Waals surface area contributed by atoms with Crippen molar-refractivity contribution >= 4 is 27.4 Å². The summed E-state index contributed by atoms with van der Waals surface area (Å²) in [5, 5.41) is 9.86. The van der Waals surface area contributed by atoms with E-state index in [4.69, 9.17) is 11.6 Å². The summed E-state index contributed by atoms with van der Waals surface area (Å²) in [6, 6.07) is 7.02. The van der Waals surface area contributed by atoms with Gasteiger partial charge in [-0.15, -0.1) is 0 Å². The van der Waals surface area contributed by atoms with Crippen LogP contribution in [0.3, 0.4) is 0 Å². The molecule has 1 aliphatic rings. The van der Waals surface area contributed by atoms with Gasteiger partial charge in [-0.3, -0.25) is 4.79 Å². The number of halogens is 1. The quantitative estimate of drug-likeness (QED) is 0.923. The maximum Gasteiger partial charge on any atom is 0.307 e. The van der Waals surface area contributed by atoms with Crippen LogP contribution in [0, 0.1) is 11.8 Å². The van der Waals surface area contributed by atoms with Crippen molar-refractivity contribution in [1.29, 1.82) is 0 Å². The first kappa shape index (κ1) is 14.3. The molecule has 2 unspecified atom stereocenters. The Balaban J connectivity index is 2.16. The highest BCUT2D eigenvalue weighted by atomic mass is 35.5. The van der Waals surface area contributed by atoms with Crippen LogP contribution in [0.15, 0.2) is 24.3 Å². The lowest BCUT2D eigenvalue weighted by molar-refractivity contribution is -0.143. The SMILES string of the molecule is O=C(O)C(Cc1cccc(Cl)c1)C1CCS(=O)(=O)C1. The second kappa shape index (κ2) is 5.51. The summed E-state index contributed by atoms with van der Waals surface area (Å²) in [5.74, 6) is -1.85. The highest BCUT2D eigenvalue weighted by Gasteiger charge is 2.37. The number of aliphatic carboxylic acids is 1. The lowest BCUT2D eigenvalue weighted by Gasteiger charge is -2.18. The largest absolute Gasteiger partial charge is 0.481 e. The topological polar surface area (TPSA) is 71.4 Å². The van der Waals surface area contributed by atoms with E-state index in [-0.39, 0.29) is 17.4 Å². The van der Waals surface area contributed by atoms with Crippen molar-refractivity contribution in [3.8, 4) is 0 Å². The molecule has 0 spiro atoms. The minimum absolute atomic E-state index is 0.0233. The van der Waals surface area contributed by atoms with Gasteiger partial charge in [-0.05, 0) is 36.5 Å². The Hall–Kier alpha value is -1.07. The summed E-state index contributed by atoms with van der Waals surface area (Å²) in [6.45, 7) is 0. The van der Waals surface area contributed by atoms with E-state index >= 15 is 0 Å². The summed E-state index contributed by atoms with van der Waals surface area (Å²) in [5.41, 5.74) is 0.823. The van der Waals surface area contributed by atoms with Crippen molar-refractivity contribution in [3.63, 3.8) is 0 Å². The van der Waals surface area contributed by atoms with Crippen LogP contribution < -0.4 is 0 Å². The van der Waals surface area contributed by atoms with Gasteiger partial charge in [0.2, 0.25) is 0 Å². The zero-order valence-electron chi connectivity index (χ0n) is 10.3. The van der Waals surface area contributed by atoms with E-state index in [1.165, 1.54) is 0 Å². The fourth-order valence-electron chi connectivity index (χ4n) is 2.51. The molecule has 0 aromatic heterocycles. The number of carboxylic acid groups (broad SMARTS) is 1. The number of sulfone groups is 1. The maximum atomic E-state index is 11.5. The molecule has 6 heteroatoms. The average Bonchev–Trinajstić information content (AvgIpc) is 2.66. The number of hydrogen-bond acceptors (Lipinski definition) is 3. The van der Waals surface area contributed by atoms with Crippen LogP contribution in [0.5, 0.6) is 0 Å². The van der Waals surface area contributed by atoms with E-state index < -0.39 is 21.7 Å². The molecule has 0 aliphatic carbocycles. The molecular weight excluding hydrogens is 288 g/mol. The van der Waals surface area contributed by atoms with Crippen LogP contribution >= 0.6 is 11.6 Å². The second-order valence-corrected chi connectivity index (χ2v) is 7.61. The first-order valence-electron chi connectivity index (χ1n) is 6.05. The third kappa shape index (κ3) is 3.70. The summed E-state index contributed by atoms with van der Waals surface area (Å²) >= 11 is 5.87. The number of carbonyl (C=O) groups is 1. The molecule has 0 bridgehead atoms. The molecule has 1 aromatic rings. The number of hydrogen-bond donors (Lipinski definition) is 1. The van der Waals surface area contributed by atoms with Gasteiger partial charge >= 0.3 is 5.97 Å². The molecule has 1 fully saturated rings. The van der Waals surface area contributed by atoms with Gasteiger partial charge in [0.15, 0.2) is 9.84 Å². The molecule has 4 nitrogen and oxygen atoms in total. The van der Waals surface area contributed by atoms with Crippen molar-refractivity contribution in [3.05, 3.63) is 34.9 Å². The molecule has 0 radical (unpaired) electrons. The third-order valence-corrected chi connectivity index (χ3v) is 5.53. The number of benzene rings is 1. The van der Waals surface area contributed by atoms with Gasteiger partial charge in [-0.1, -0.05) is 23.7 Å². The van der Waals surface area contributed by atoms with Crippen LogP contribution in [-0.2, 0) is 21.1 Å². The minimum atomic E-state index is -3.06. The van der Waals surface area contributed by atoms with Gasteiger partial charge < -0.3 is 5.11 Å². The van der Waals surface area contributed by atoms with E-state index in [0.29, 0.717) is 17.9 Å². The maximum absolute atomic E-state index is 11.5. The van der Waals surface area contributed by atoms with Gasteiger partial charge in [0.25, 0.3) is 0 Å². The zero-order valence-corrected chi connectivity index (χ0v) is 11.8. The molecule has 1 N–H and O–H groups in total. The highest BCUT2D eigenvalue weighted by Crippen LogP contribution is 2.29. The van der Waals surface area contributed by atoms with Crippen molar-refractivity contribution in [2.24, 2.45) is 11.8 Å². The summed E-state index contributed by atoms with van der Waals surface area (Å²) in [4.78, 5) is 11.4. The fourth-order valence-corrected chi connectivity index (χ4v) is 4.61. The second-order valence-electron chi connectivity index (χ2n) is 4.94. The molecule has 2 rings (SSSR count). The monoisotopic (exact) mass is 302 g/mol. The predicted octanol–water partition coefficient (Wildman–Crippen LogP) is 2.02. The molecule has 0 amide bonds. The van der Waals surface area contributed by atoms with Crippen LogP contribution in [0.25, 0.3) is 0 Å². The van der Waals surface area contributed by atoms with Crippen LogP contribution in [0.1, 0.15) is 12.0 Å². The van der Waals surface area contributed by atoms with Crippen molar-refractivity contribution < 1.29 is 18.3 Å². The van der Waals surface area contributed by atoms with Gasteiger partial charge in [-0.25, -0.2) is 8.42 Å². The smallest absolute Gasteiger partial charge is 0.307 e. The Morgan fingerprint density at radius 2 is 2.21 bits per heavy atom. The Bertz CT molecular complexity index is 582. The molecule has 1 aromatic carbocycles. The molecule has 1 saturated heterocycles. The van der Waals surface area contributed by atoms with Crippen LogP contribution in [-0.4, -0.2) is 31.0 Å². The standard InChI is InChI=1S/C13H15ClO4S/c14-11-3-1-2-9(6-11)7-12(13(15)16)10-4-5-19(17,18)8-10/h1-3,6,10,12H,4-5,7-8H2,(H,15,16). The van der Waals surface area contributed by atoms with Crippen LogP contribution in [0.4, 0.5) is 0 Å². The summed E-state index contributed by atoms with van der Waals surface area (Å²) in [6.07, 6.45) is 0.746. The van der Waals surface area contributed by atoms with Gasteiger partial charge in [0.1, 0.15) is 0 Å². The summed E-state index contributed by atoms with van der Waals surface area (Å²) < 4.78 is 22.9. The zero-order chi connectivity index (χ0) is 14.0. The summed E-state index contributed by atoms with van der Waals surface area (Å²) in [7, 11) is -3.06. The van der Waals surface area contributed by atoms with Gasteiger partial charge in [-0.2, -0.15) is 0 Å². The highest BCUT2D eigenvalue weighted by molar-refractivity contribution is 7.91. The number of rotatable bonds is 4. The van der Waals surface area contributed by atoms with E-state index in [2.05, 4.69) is 0 Å². The van der Waals surface area contributed by atoms with E-state index in [9.17, 15) is 18.3 Å². The Labute approximate surface area is 117 Å². The lowest BCUT2D eigenvalue weighted by Crippen LogP contribution is -2.26. The van der Waals surface area contributed by atoms with E-state index in [1.54, 1.807) is 18.2 Å². The third-order valence-electron chi connectivity index (χ3n) is 3.50. The van der Waals surface area contributed by atoms with E-state index in [1.807, 2.05) is 6.07 Å². The van der Waals surface area contributed by atoms with Crippen molar-refractivity contribution in [1.82, 2.24) is 0 Å². The Morgan fingerprint density at radius 1 is 1.47 bits per heavy atom. The molecule has 1 heterocycles. The molecule has 104 valence electrons. The first-order chi connectivity index (χ1) is 8.87. The molecular formula is C13H15ClO4S. The molecule has 0 saturated carbocycles. The Kier molecular flexibility index (Phi) is 4.16. The predicted molar refractivity (Wildman–Crippen MR) is 73.0 cm³/mol. The van der Waals surface area contributed by atoms with Crippen molar-refractivity contribution in [2.75, 3.05) is 11.5 Å². The lowest BCUT2D eigenvalue weighted by atomic mass is 9.86. The fraction of sp³-hybridized carbons (Fsp3) is 0.462. The molecule has 19 heavy (non-hydrogen) atoms. The first-order valence-corrected chi connectivity index (χ1v) is 8.25. The van der Waals surface area contributed by atoms with Gasteiger partial charge in [0.05, 0.1) is 17.4 Å². The normalized spacial score (nSPS) is 23.1. The molecule has 2 atom stereocenters. The molecule has 1 aliphatic heterocycles.